The zero-order valence-corrected chi connectivity index (χ0v) is 11.3. The van der Waals surface area contributed by atoms with Crippen LogP contribution in [0.5, 0.6) is 0 Å². The van der Waals surface area contributed by atoms with E-state index in [2.05, 4.69) is 11.8 Å². The first-order chi connectivity index (χ1) is 8.69. The van der Waals surface area contributed by atoms with Gasteiger partial charge in [0.15, 0.2) is 0 Å². The second-order valence-corrected chi connectivity index (χ2v) is 5.84. The van der Waals surface area contributed by atoms with Gasteiger partial charge in [-0.25, -0.2) is 0 Å². The predicted octanol–water partition coefficient (Wildman–Crippen LogP) is 1.16. The van der Waals surface area contributed by atoms with Crippen LogP contribution in [-0.4, -0.2) is 54.7 Å². The molecule has 2 aliphatic heterocycles. The highest BCUT2D eigenvalue weighted by Gasteiger charge is 2.25. The Bertz CT molecular complexity index is 298. The van der Waals surface area contributed by atoms with Crippen molar-refractivity contribution >= 4 is 12.2 Å². The highest BCUT2D eigenvalue weighted by Crippen LogP contribution is 2.17. The molecule has 0 N–H and O–H groups in total. The zero-order chi connectivity index (χ0) is 13.0. The fraction of sp³-hybridized carbons (Fsp3) is 0.857. The SMILES string of the molecule is CC1CCCN(C(=O)CN2CCC(C=O)CC2)C1. The highest BCUT2D eigenvalue weighted by molar-refractivity contribution is 5.78. The van der Waals surface area contributed by atoms with Crippen LogP contribution >= 0.6 is 0 Å². The fourth-order valence-electron chi connectivity index (χ4n) is 2.95. The molecule has 0 bridgehead atoms. The molecule has 0 aliphatic carbocycles. The molecular weight excluding hydrogens is 228 g/mol. The average Bonchev–Trinajstić information content (AvgIpc) is 2.39. The summed E-state index contributed by atoms with van der Waals surface area (Å²) in [6.45, 7) is 6.38. The summed E-state index contributed by atoms with van der Waals surface area (Å²) < 4.78 is 0. The van der Waals surface area contributed by atoms with E-state index in [-0.39, 0.29) is 11.8 Å². The summed E-state index contributed by atoms with van der Waals surface area (Å²) in [5.74, 6) is 1.13. The first-order valence-corrected chi connectivity index (χ1v) is 7.14. The van der Waals surface area contributed by atoms with Crippen molar-refractivity contribution in [2.45, 2.75) is 32.6 Å². The summed E-state index contributed by atoms with van der Waals surface area (Å²) in [4.78, 5) is 27.1. The second-order valence-electron chi connectivity index (χ2n) is 5.84. The number of nitrogens with zero attached hydrogens (tertiary/aromatic N) is 2. The Morgan fingerprint density at radius 1 is 1.22 bits per heavy atom. The van der Waals surface area contributed by atoms with Crippen LogP contribution in [0.1, 0.15) is 32.6 Å². The maximum absolute atomic E-state index is 12.2. The Labute approximate surface area is 109 Å². The van der Waals surface area contributed by atoms with E-state index in [4.69, 9.17) is 0 Å². The van der Waals surface area contributed by atoms with E-state index in [1.54, 1.807) is 0 Å². The summed E-state index contributed by atoms with van der Waals surface area (Å²) in [6, 6.07) is 0. The lowest BCUT2D eigenvalue weighted by Gasteiger charge is -2.34. The third-order valence-electron chi connectivity index (χ3n) is 4.19. The van der Waals surface area contributed by atoms with E-state index in [9.17, 15) is 9.59 Å². The van der Waals surface area contributed by atoms with Crippen molar-refractivity contribution in [2.24, 2.45) is 11.8 Å². The lowest BCUT2D eigenvalue weighted by molar-refractivity contribution is -0.134. The van der Waals surface area contributed by atoms with Gasteiger partial charge in [0.2, 0.25) is 5.91 Å². The first-order valence-electron chi connectivity index (χ1n) is 7.14. The van der Waals surface area contributed by atoms with Crippen LogP contribution in [0.25, 0.3) is 0 Å². The molecule has 2 fully saturated rings. The van der Waals surface area contributed by atoms with Gasteiger partial charge >= 0.3 is 0 Å². The van der Waals surface area contributed by atoms with Crippen molar-refractivity contribution in [3.8, 4) is 0 Å². The Balaban J connectivity index is 1.75. The van der Waals surface area contributed by atoms with E-state index < -0.39 is 0 Å². The van der Waals surface area contributed by atoms with Crippen molar-refractivity contribution in [1.29, 1.82) is 0 Å². The Hall–Kier alpha value is -0.900. The Kier molecular flexibility index (Phi) is 4.75. The van der Waals surface area contributed by atoms with Gasteiger partial charge in [-0.2, -0.15) is 0 Å². The molecule has 4 heteroatoms. The van der Waals surface area contributed by atoms with Crippen LogP contribution in [0.15, 0.2) is 0 Å². The third kappa shape index (κ3) is 3.55. The van der Waals surface area contributed by atoms with E-state index in [0.29, 0.717) is 12.5 Å². The van der Waals surface area contributed by atoms with Crippen molar-refractivity contribution < 1.29 is 9.59 Å². The summed E-state index contributed by atoms with van der Waals surface area (Å²) >= 11 is 0. The highest BCUT2D eigenvalue weighted by atomic mass is 16.2. The standard InChI is InChI=1S/C14H24N2O2/c1-12-3-2-6-16(9-12)14(18)10-15-7-4-13(11-17)5-8-15/h11-13H,2-10H2,1H3. The molecule has 2 heterocycles. The average molecular weight is 252 g/mol. The van der Waals surface area contributed by atoms with Crippen LogP contribution in [0.3, 0.4) is 0 Å². The van der Waals surface area contributed by atoms with Crippen LogP contribution in [0.4, 0.5) is 0 Å². The molecule has 1 atom stereocenters. The van der Waals surface area contributed by atoms with Gasteiger partial charge in [0.25, 0.3) is 0 Å². The van der Waals surface area contributed by atoms with E-state index in [1.807, 2.05) is 4.90 Å². The molecule has 2 saturated heterocycles. The molecule has 0 aromatic heterocycles. The van der Waals surface area contributed by atoms with Gasteiger partial charge in [0, 0.05) is 19.0 Å². The summed E-state index contributed by atoms with van der Waals surface area (Å²) in [5.41, 5.74) is 0. The molecule has 0 aromatic carbocycles. The van der Waals surface area contributed by atoms with Crippen LogP contribution in [-0.2, 0) is 9.59 Å². The van der Waals surface area contributed by atoms with Gasteiger partial charge in [0.05, 0.1) is 6.54 Å². The maximum atomic E-state index is 12.2. The van der Waals surface area contributed by atoms with Crippen LogP contribution in [0.2, 0.25) is 0 Å². The molecule has 4 nitrogen and oxygen atoms in total. The molecule has 0 aromatic rings. The van der Waals surface area contributed by atoms with Gasteiger partial charge in [-0.3, -0.25) is 9.69 Å². The third-order valence-corrected chi connectivity index (χ3v) is 4.19. The van der Waals surface area contributed by atoms with E-state index in [1.165, 1.54) is 6.42 Å². The number of rotatable bonds is 3. The molecule has 18 heavy (non-hydrogen) atoms. The number of piperidine rings is 2. The molecule has 0 radical (unpaired) electrons. The Morgan fingerprint density at radius 2 is 1.94 bits per heavy atom. The second kappa shape index (κ2) is 6.32. The quantitative estimate of drug-likeness (QED) is 0.708. The normalized spacial score (nSPS) is 27.2. The van der Waals surface area contributed by atoms with Gasteiger partial charge in [-0.05, 0) is 44.7 Å². The topological polar surface area (TPSA) is 40.6 Å². The fourth-order valence-corrected chi connectivity index (χ4v) is 2.95. The molecule has 102 valence electrons. The van der Waals surface area contributed by atoms with Crippen LogP contribution < -0.4 is 0 Å². The van der Waals surface area contributed by atoms with Crippen LogP contribution in [0, 0.1) is 11.8 Å². The molecule has 1 unspecified atom stereocenters. The number of amides is 1. The first kappa shape index (κ1) is 13.5. The summed E-state index contributed by atoms with van der Waals surface area (Å²) in [6.07, 6.45) is 5.26. The molecular formula is C14H24N2O2. The zero-order valence-electron chi connectivity index (χ0n) is 11.3. The summed E-state index contributed by atoms with van der Waals surface area (Å²) in [7, 11) is 0. The van der Waals surface area contributed by atoms with Gasteiger partial charge in [-0.15, -0.1) is 0 Å². The number of hydrogen-bond acceptors (Lipinski definition) is 3. The minimum atomic E-state index is 0.214. The number of carbonyl (C=O) groups is 2. The van der Waals surface area contributed by atoms with Crippen molar-refractivity contribution in [2.75, 3.05) is 32.7 Å². The maximum Gasteiger partial charge on any atom is 0.236 e. The van der Waals surface area contributed by atoms with Crippen molar-refractivity contribution in [3.63, 3.8) is 0 Å². The van der Waals surface area contributed by atoms with Gasteiger partial charge in [-0.1, -0.05) is 6.92 Å². The van der Waals surface area contributed by atoms with Crippen molar-refractivity contribution in [1.82, 2.24) is 9.80 Å². The van der Waals surface area contributed by atoms with Crippen molar-refractivity contribution in [3.05, 3.63) is 0 Å². The van der Waals surface area contributed by atoms with Gasteiger partial charge < -0.3 is 9.69 Å². The van der Waals surface area contributed by atoms with Gasteiger partial charge in [0.1, 0.15) is 6.29 Å². The number of hydrogen-bond donors (Lipinski definition) is 0. The summed E-state index contributed by atoms with van der Waals surface area (Å²) in [5, 5.41) is 0. The predicted molar refractivity (Wildman–Crippen MR) is 70.2 cm³/mol. The molecule has 1 amide bonds. The molecule has 0 spiro atoms. The number of aldehydes is 1. The lowest BCUT2D eigenvalue weighted by Crippen LogP contribution is -2.46. The molecule has 2 aliphatic rings. The minimum absolute atomic E-state index is 0.214. The minimum Gasteiger partial charge on any atom is -0.341 e. The molecule has 2 rings (SSSR count). The molecule has 0 saturated carbocycles. The number of likely N-dealkylation sites (tertiary alicyclic amines) is 2. The van der Waals surface area contributed by atoms with E-state index >= 15 is 0 Å². The largest absolute Gasteiger partial charge is 0.341 e. The van der Waals surface area contributed by atoms with E-state index in [0.717, 1.165) is 51.7 Å². The monoisotopic (exact) mass is 252 g/mol. The Morgan fingerprint density at radius 3 is 2.56 bits per heavy atom. The number of carbonyl (C=O) groups excluding carboxylic acids is 2. The lowest BCUT2D eigenvalue weighted by atomic mass is 9.98. The smallest absolute Gasteiger partial charge is 0.236 e.